The number of nitrogens with zero attached hydrogens (tertiary/aromatic N) is 1. The van der Waals surface area contributed by atoms with Gasteiger partial charge >= 0.3 is 5.97 Å². The van der Waals surface area contributed by atoms with Gasteiger partial charge in [0.25, 0.3) is 6.43 Å². The largest absolute Gasteiger partial charge is 0.469 e. The zero-order valence-electron chi connectivity index (χ0n) is 8.84. The van der Waals surface area contributed by atoms with E-state index in [2.05, 4.69) is 25.7 Å². The number of ether oxygens (including phenoxy) is 1. The molecule has 1 aromatic rings. The van der Waals surface area contributed by atoms with Crippen LogP contribution in [0.5, 0.6) is 0 Å². The highest BCUT2D eigenvalue weighted by atomic mass is 79.9. The van der Waals surface area contributed by atoms with Gasteiger partial charge < -0.3 is 4.74 Å². The first kappa shape index (κ1) is 14.3. The molecule has 1 rings (SSSR count). The van der Waals surface area contributed by atoms with Crippen molar-refractivity contribution in [2.45, 2.75) is 18.7 Å². The van der Waals surface area contributed by atoms with Crippen molar-refractivity contribution < 1.29 is 18.3 Å². The Labute approximate surface area is 110 Å². The van der Waals surface area contributed by atoms with Gasteiger partial charge in [0.15, 0.2) is 0 Å². The van der Waals surface area contributed by atoms with Crippen LogP contribution >= 0.6 is 27.5 Å². The van der Waals surface area contributed by atoms with Crippen LogP contribution in [0.25, 0.3) is 0 Å². The van der Waals surface area contributed by atoms with E-state index in [1.54, 1.807) is 0 Å². The maximum absolute atomic E-state index is 12.8. The summed E-state index contributed by atoms with van der Waals surface area (Å²) in [6.07, 6.45) is -3.03. The molecule has 0 aliphatic rings. The van der Waals surface area contributed by atoms with Crippen molar-refractivity contribution in [2.24, 2.45) is 0 Å². The minimum Gasteiger partial charge on any atom is -0.469 e. The molecule has 0 saturated carbocycles. The third-order valence-corrected chi connectivity index (χ3v) is 2.96. The van der Waals surface area contributed by atoms with E-state index in [0.29, 0.717) is 5.69 Å². The Bertz CT molecular complexity index is 429. The van der Waals surface area contributed by atoms with Gasteiger partial charge in [-0.15, -0.1) is 11.6 Å². The molecule has 94 valence electrons. The Morgan fingerprint density at radius 2 is 2.29 bits per heavy atom. The van der Waals surface area contributed by atoms with Crippen LogP contribution < -0.4 is 0 Å². The Morgan fingerprint density at radius 1 is 1.65 bits per heavy atom. The highest BCUT2D eigenvalue weighted by Crippen LogP contribution is 2.31. The Hall–Kier alpha value is -0.750. The average Bonchev–Trinajstić information content (AvgIpc) is 2.27. The first-order chi connectivity index (χ1) is 7.99. The van der Waals surface area contributed by atoms with E-state index in [1.165, 1.54) is 13.2 Å². The molecule has 3 nitrogen and oxygen atoms in total. The second-order valence-electron chi connectivity index (χ2n) is 3.14. The maximum atomic E-state index is 12.8. The lowest BCUT2D eigenvalue weighted by atomic mass is 10.1. The van der Waals surface area contributed by atoms with Crippen LogP contribution in [-0.4, -0.2) is 18.1 Å². The lowest BCUT2D eigenvalue weighted by molar-refractivity contribution is -0.139. The fraction of sp³-hybridized carbons (Fsp3) is 0.400. The molecular weight excluding hydrogens is 319 g/mol. The van der Waals surface area contributed by atoms with E-state index in [-0.39, 0.29) is 28.0 Å². The zero-order valence-corrected chi connectivity index (χ0v) is 11.2. The van der Waals surface area contributed by atoms with Gasteiger partial charge in [-0.05, 0) is 6.07 Å². The maximum Gasteiger partial charge on any atom is 0.311 e. The minimum atomic E-state index is -2.72. The zero-order chi connectivity index (χ0) is 13.0. The fourth-order valence-corrected chi connectivity index (χ4v) is 2.07. The first-order valence-corrected chi connectivity index (χ1v) is 5.91. The number of carbonyl (C=O) groups excluding carboxylic acids is 1. The number of esters is 1. The van der Waals surface area contributed by atoms with E-state index in [1.807, 2.05) is 0 Å². The third kappa shape index (κ3) is 3.61. The molecule has 0 bridgehead atoms. The summed E-state index contributed by atoms with van der Waals surface area (Å²) >= 11 is 8.61. The summed E-state index contributed by atoms with van der Waals surface area (Å²) in [5.74, 6) is -0.547. The molecule has 1 heterocycles. The quantitative estimate of drug-likeness (QED) is 0.629. The molecule has 0 spiro atoms. The molecule has 0 aromatic carbocycles. The number of hydrogen-bond donors (Lipinski definition) is 0. The summed E-state index contributed by atoms with van der Waals surface area (Å²) in [5, 5.41) is 0. The highest BCUT2D eigenvalue weighted by Gasteiger charge is 2.21. The number of alkyl halides is 3. The topological polar surface area (TPSA) is 39.2 Å². The van der Waals surface area contributed by atoms with Crippen LogP contribution in [0.15, 0.2) is 10.5 Å². The summed E-state index contributed by atoms with van der Waals surface area (Å²) in [7, 11) is 1.19. The van der Waals surface area contributed by atoms with Gasteiger partial charge in [0, 0.05) is 4.47 Å². The molecule has 0 aliphatic heterocycles. The summed E-state index contributed by atoms with van der Waals surface area (Å²) in [6.45, 7) is 0. The van der Waals surface area contributed by atoms with Crippen molar-refractivity contribution in [3.8, 4) is 0 Å². The summed E-state index contributed by atoms with van der Waals surface area (Å²) in [4.78, 5) is 15.0. The van der Waals surface area contributed by atoms with Crippen LogP contribution in [0.4, 0.5) is 8.78 Å². The van der Waals surface area contributed by atoms with Crippen molar-refractivity contribution in [3.05, 3.63) is 27.5 Å². The van der Waals surface area contributed by atoms with Gasteiger partial charge in [0.05, 0.1) is 36.4 Å². The second-order valence-corrected chi connectivity index (χ2v) is 4.26. The summed E-state index contributed by atoms with van der Waals surface area (Å²) in [6, 6.07) is 1.41. The van der Waals surface area contributed by atoms with E-state index in [4.69, 9.17) is 11.6 Å². The van der Waals surface area contributed by atoms with Crippen LogP contribution in [0.1, 0.15) is 23.4 Å². The SMILES string of the molecule is COC(=O)Cc1nc(CCl)cc(Br)c1C(F)F. The Balaban J connectivity index is 3.22. The van der Waals surface area contributed by atoms with Gasteiger partial charge in [0.2, 0.25) is 0 Å². The molecule has 0 N–H and O–H groups in total. The highest BCUT2D eigenvalue weighted by molar-refractivity contribution is 9.10. The van der Waals surface area contributed by atoms with Gasteiger partial charge in [0.1, 0.15) is 0 Å². The number of methoxy groups -OCH3 is 1. The molecule has 0 fully saturated rings. The molecule has 0 radical (unpaired) electrons. The number of aromatic nitrogens is 1. The average molecular weight is 329 g/mol. The molecule has 7 heteroatoms. The fourth-order valence-electron chi connectivity index (χ4n) is 1.27. The molecule has 0 amide bonds. The molecule has 1 aromatic heterocycles. The molecule has 0 saturated heterocycles. The number of pyridine rings is 1. The summed E-state index contributed by atoms with van der Waals surface area (Å²) in [5.41, 5.74) is 0.1000. The number of carbonyl (C=O) groups is 1. The normalized spacial score (nSPS) is 10.7. The molecular formula is C10H9BrClF2NO2. The predicted octanol–water partition coefficient (Wildman–Crippen LogP) is 3.24. The number of halogens is 4. The van der Waals surface area contributed by atoms with Gasteiger partial charge in [-0.3, -0.25) is 9.78 Å². The van der Waals surface area contributed by atoms with Gasteiger partial charge in [-0.1, -0.05) is 15.9 Å². The van der Waals surface area contributed by atoms with Crippen molar-refractivity contribution in [1.29, 1.82) is 0 Å². The van der Waals surface area contributed by atoms with Crippen molar-refractivity contribution in [2.75, 3.05) is 7.11 Å². The Morgan fingerprint density at radius 3 is 2.76 bits per heavy atom. The van der Waals surface area contributed by atoms with Crippen LogP contribution in [0.3, 0.4) is 0 Å². The number of hydrogen-bond acceptors (Lipinski definition) is 3. The lowest BCUT2D eigenvalue weighted by Crippen LogP contribution is -2.11. The molecule has 0 unspecified atom stereocenters. The number of rotatable bonds is 4. The van der Waals surface area contributed by atoms with Crippen LogP contribution in [-0.2, 0) is 21.8 Å². The first-order valence-electron chi connectivity index (χ1n) is 4.58. The predicted molar refractivity (Wildman–Crippen MR) is 62.2 cm³/mol. The standard InChI is InChI=1S/C10H9BrClF2NO2/c1-17-8(16)3-7-9(10(13)14)6(11)2-5(4-12)15-7/h2,10H,3-4H2,1H3. The summed E-state index contributed by atoms with van der Waals surface area (Å²) < 4.78 is 30.3. The van der Waals surface area contributed by atoms with Crippen LogP contribution in [0, 0.1) is 0 Å². The monoisotopic (exact) mass is 327 g/mol. The van der Waals surface area contributed by atoms with Crippen molar-refractivity contribution in [1.82, 2.24) is 4.98 Å². The minimum absolute atomic E-state index is 0.0168. The van der Waals surface area contributed by atoms with Crippen molar-refractivity contribution in [3.63, 3.8) is 0 Å². The van der Waals surface area contributed by atoms with E-state index >= 15 is 0 Å². The third-order valence-electron chi connectivity index (χ3n) is 2.03. The van der Waals surface area contributed by atoms with E-state index < -0.39 is 12.4 Å². The molecule has 17 heavy (non-hydrogen) atoms. The molecule has 0 atom stereocenters. The van der Waals surface area contributed by atoms with E-state index in [9.17, 15) is 13.6 Å². The van der Waals surface area contributed by atoms with Crippen molar-refractivity contribution >= 4 is 33.5 Å². The van der Waals surface area contributed by atoms with Gasteiger partial charge in [-0.2, -0.15) is 0 Å². The Kier molecular flexibility index (Phi) is 5.27. The van der Waals surface area contributed by atoms with Crippen LogP contribution in [0.2, 0.25) is 0 Å². The van der Waals surface area contributed by atoms with Gasteiger partial charge in [-0.25, -0.2) is 8.78 Å². The van der Waals surface area contributed by atoms with E-state index in [0.717, 1.165) is 0 Å². The second kappa shape index (κ2) is 6.26. The smallest absolute Gasteiger partial charge is 0.311 e. The lowest BCUT2D eigenvalue weighted by Gasteiger charge is -2.11. The molecule has 0 aliphatic carbocycles.